The molecule has 0 amide bonds. The maximum Gasteiger partial charge on any atom is 0.303 e. The highest BCUT2D eigenvalue weighted by molar-refractivity contribution is 7.89. The molecule has 0 aliphatic carbocycles. The van der Waals surface area contributed by atoms with Gasteiger partial charge in [-0.3, -0.25) is 19.2 Å². The second-order valence-electron chi connectivity index (χ2n) is 8.72. The Balaban J connectivity index is 3.43. The van der Waals surface area contributed by atoms with Crippen LogP contribution in [0, 0.1) is 0 Å². The maximum absolute atomic E-state index is 14.0. The Morgan fingerprint density at radius 3 is 1.68 bits per heavy atom. The van der Waals surface area contributed by atoms with Crippen LogP contribution in [-0.2, 0) is 71.8 Å². The number of ether oxygens (including phenoxy) is 9. The van der Waals surface area contributed by atoms with Gasteiger partial charge in [0.1, 0.15) is 12.7 Å². The Morgan fingerprint density at radius 1 is 0.732 bits per heavy atom. The largest absolute Gasteiger partial charge is 0.462 e. The number of hydrogen-bond donors (Lipinski definition) is 0. The fourth-order valence-electron chi connectivity index (χ4n) is 3.77. The van der Waals surface area contributed by atoms with Gasteiger partial charge in [-0.2, -0.15) is 4.31 Å². The number of nitrogens with zero attached hydrogens (tertiary/aromatic N) is 1. The highest BCUT2D eigenvalue weighted by Gasteiger charge is 2.58. The van der Waals surface area contributed by atoms with Crippen molar-refractivity contribution < 1.29 is 70.2 Å². The Morgan fingerprint density at radius 2 is 1.24 bits per heavy atom. The molecule has 16 nitrogen and oxygen atoms in total. The van der Waals surface area contributed by atoms with E-state index < -0.39 is 70.4 Å². The zero-order chi connectivity index (χ0) is 31.0. The van der Waals surface area contributed by atoms with Gasteiger partial charge in [0.25, 0.3) is 0 Å². The summed E-state index contributed by atoms with van der Waals surface area (Å²) in [7, 11) is -1.52. The predicted molar refractivity (Wildman–Crippen MR) is 138 cm³/mol. The lowest BCUT2D eigenvalue weighted by molar-refractivity contribution is -0.176. The quantitative estimate of drug-likeness (QED) is 0.0923. The van der Waals surface area contributed by atoms with Crippen LogP contribution < -0.4 is 0 Å². The first kappa shape index (κ1) is 36.6. The second-order valence-corrected chi connectivity index (χ2v) is 10.7. The van der Waals surface area contributed by atoms with Crippen molar-refractivity contribution >= 4 is 33.9 Å². The van der Waals surface area contributed by atoms with Gasteiger partial charge >= 0.3 is 23.9 Å². The van der Waals surface area contributed by atoms with Crippen molar-refractivity contribution in [2.75, 3.05) is 73.6 Å². The van der Waals surface area contributed by atoms with Crippen LogP contribution >= 0.6 is 0 Å². The Kier molecular flexibility index (Phi) is 16.9. The van der Waals surface area contributed by atoms with Gasteiger partial charge < -0.3 is 42.6 Å². The van der Waals surface area contributed by atoms with Gasteiger partial charge in [0.2, 0.25) is 15.5 Å². The first-order valence-electron chi connectivity index (χ1n) is 12.8. The fraction of sp³-hybridized carbons (Fsp3) is 0.833. The average Bonchev–Trinajstić information content (AvgIpc) is 3.21. The van der Waals surface area contributed by atoms with E-state index in [1.54, 1.807) is 0 Å². The van der Waals surface area contributed by atoms with Crippen LogP contribution in [0.15, 0.2) is 0 Å². The van der Waals surface area contributed by atoms with E-state index in [0.717, 1.165) is 32.0 Å². The molecule has 1 fully saturated rings. The van der Waals surface area contributed by atoms with Crippen LogP contribution in [0.5, 0.6) is 0 Å². The van der Waals surface area contributed by atoms with E-state index in [2.05, 4.69) is 0 Å². The molecule has 0 radical (unpaired) electrons. The number of rotatable bonds is 20. The molecule has 0 unspecified atom stereocenters. The minimum Gasteiger partial charge on any atom is -0.462 e. The molecule has 0 saturated carbocycles. The van der Waals surface area contributed by atoms with Crippen molar-refractivity contribution in [1.29, 1.82) is 0 Å². The number of hydrogen-bond acceptors (Lipinski definition) is 15. The first-order valence-corrected chi connectivity index (χ1v) is 14.3. The number of carbonyl (C=O) groups is 4. The predicted octanol–water partition coefficient (Wildman–Crippen LogP) is -0.973. The summed E-state index contributed by atoms with van der Waals surface area (Å²) in [5.74, 6) is -3.29. The lowest BCUT2D eigenvalue weighted by atomic mass is 10.1. The summed E-state index contributed by atoms with van der Waals surface area (Å²) < 4.78 is 76.4. The van der Waals surface area contributed by atoms with Crippen molar-refractivity contribution in [1.82, 2.24) is 4.31 Å². The lowest BCUT2D eigenvalue weighted by Gasteiger charge is -2.28. The van der Waals surface area contributed by atoms with Crippen molar-refractivity contribution in [3.8, 4) is 0 Å². The van der Waals surface area contributed by atoms with Gasteiger partial charge in [-0.15, -0.1) is 0 Å². The Hall–Kier alpha value is -2.41. The van der Waals surface area contributed by atoms with Crippen molar-refractivity contribution in [2.24, 2.45) is 0 Å². The topological polar surface area (TPSA) is 189 Å². The van der Waals surface area contributed by atoms with Gasteiger partial charge in [-0.25, -0.2) is 8.42 Å². The van der Waals surface area contributed by atoms with Crippen LogP contribution in [0.25, 0.3) is 0 Å². The van der Waals surface area contributed by atoms with Gasteiger partial charge in [0, 0.05) is 55.0 Å². The summed E-state index contributed by atoms with van der Waals surface area (Å²) in [6.45, 7) is 4.39. The van der Waals surface area contributed by atoms with E-state index in [-0.39, 0.29) is 39.5 Å². The molecule has 1 aliphatic rings. The van der Waals surface area contributed by atoms with Crippen LogP contribution in [0.4, 0.5) is 0 Å². The van der Waals surface area contributed by atoms with E-state index in [1.807, 2.05) is 0 Å². The van der Waals surface area contributed by atoms with Crippen LogP contribution in [0.2, 0.25) is 0 Å². The van der Waals surface area contributed by atoms with E-state index in [1.165, 1.54) is 14.2 Å². The summed E-state index contributed by atoms with van der Waals surface area (Å²) in [5, 5.41) is 0. The van der Waals surface area contributed by atoms with Gasteiger partial charge in [-0.05, 0) is 0 Å². The third-order valence-electron chi connectivity index (χ3n) is 5.43. The van der Waals surface area contributed by atoms with Crippen LogP contribution in [0.3, 0.4) is 0 Å². The van der Waals surface area contributed by atoms with E-state index >= 15 is 0 Å². The molecule has 41 heavy (non-hydrogen) atoms. The number of esters is 4. The van der Waals surface area contributed by atoms with Gasteiger partial charge in [0.05, 0.1) is 39.6 Å². The molecule has 5 atom stereocenters. The summed E-state index contributed by atoms with van der Waals surface area (Å²) in [5.41, 5.74) is -1.91. The van der Waals surface area contributed by atoms with Crippen molar-refractivity contribution in [3.05, 3.63) is 0 Å². The van der Waals surface area contributed by atoms with E-state index in [9.17, 15) is 27.6 Å². The van der Waals surface area contributed by atoms with E-state index in [4.69, 9.17) is 42.6 Å². The second kappa shape index (κ2) is 18.9. The molecule has 0 spiro atoms. The Labute approximate surface area is 239 Å². The highest BCUT2D eigenvalue weighted by atomic mass is 32.2. The molecule has 0 bridgehead atoms. The number of methoxy groups -OCH3 is 2. The Bertz CT molecular complexity index is 929. The zero-order valence-corrected chi connectivity index (χ0v) is 25.0. The molecule has 0 aromatic rings. The summed E-state index contributed by atoms with van der Waals surface area (Å²) >= 11 is 0. The standard InChI is InChI=1S/C24H41NO15S/c1-16(26)36-15-20(37-17(2)27)21-22(38-18(3)28)23(39-19(4)29)24(40-21)41(30,31)25(7-9-34-13-11-32-5)8-10-35-14-12-33-6/h20-24H,7-15H2,1-6H3/t20-,21+,22+,23-,24+/m1/s1. The molecule has 1 saturated heterocycles. The average molecular weight is 616 g/mol. The maximum atomic E-state index is 14.0. The summed E-state index contributed by atoms with van der Waals surface area (Å²) in [6, 6.07) is 0. The third-order valence-corrected chi connectivity index (χ3v) is 7.48. The monoisotopic (exact) mass is 615 g/mol. The summed E-state index contributed by atoms with van der Waals surface area (Å²) in [4.78, 5) is 47.3. The molecule has 0 aromatic heterocycles. The summed E-state index contributed by atoms with van der Waals surface area (Å²) in [6.07, 6.45) is -6.13. The smallest absolute Gasteiger partial charge is 0.303 e. The highest BCUT2D eigenvalue weighted by Crippen LogP contribution is 2.34. The molecule has 0 N–H and O–H groups in total. The molecule has 0 aromatic carbocycles. The van der Waals surface area contributed by atoms with Gasteiger partial charge in [0.15, 0.2) is 18.3 Å². The van der Waals surface area contributed by atoms with Crippen LogP contribution in [0.1, 0.15) is 27.7 Å². The zero-order valence-electron chi connectivity index (χ0n) is 24.2. The minimum absolute atomic E-state index is 0.0229. The molecule has 1 heterocycles. The third kappa shape index (κ3) is 13.0. The minimum atomic E-state index is -4.50. The molecule has 1 rings (SSSR count). The number of carbonyl (C=O) groups excluding carboxylic acids is 4. The van der Waals surface area contributed by atoms with Crippen molar-refractivity contribution in [2.45, 2.75) is 57.5 Å². The van der Waals surface area contributed by atoms with E-state index in [0.29, 0.717) is 13.2 Å². The molecule has 1 aliphatic heterocycles. The molecule has 17 heteroatoms. The normalized spacial score (nSPS) is 21.3. The number of sulfonamides is 1. The lowest BCUT2D eigenvalue weighted by Crippen LogP contribution is -2.49. The fourth-order valence-corrected chi connectivity index (χ4v) is 5.54. The van der Waals surface area contributed by atoms with Crippen molar-refractivity contribution in [3.63, 3.8) is 0 Å². The van der Waals surface area contributed by atoms with Crippen LogP contribution in [-0.4, -0.2) is 140 Å². The first-order chi connectivity index (χ1) is 19.3. The molecular weight excluding hydrogens is 574 g/mol. The molecule has 238 valence electrons. The molecular formula is C24H41NO15S. The SMILES string of the molecule is COCCOCCN(CCOCCOC)S(=O)(=O)[C@@H]1O[C@@H]([C@@H](COC(C)=O)OC(C)=O)[C@H](OC(C)=O)[C@H]1OC(C)=O. The van der Waals surface area contributed by atoms with Gasteiger partial charge in [-0.1, -0.05) is 0 Å².